The molecule has 0 saturated carbocycles. The summed E-state index contributed by atoms with van der Waals surface area (Å²) in [7, 11) is 0. The molecular formula is C7H6N2S. The zero-order chi connectivity index (χ0) is 6.97. The van der Waals surface area contributed by atoms with Gasteiger partial charge in [0.15, 0.2) is 0 Å². The molecule has 0 atom stereocenters. The fourth-order valence-electron chi connectivity index (χ4n) is 0.905. The molecule has 0 bridgehead atoms. The lowest BCUT2D eigenvalue weighted by Gasteiger charge is -1.81. The van der Waals surface area contributed by atoms with E-state index >= 15 is 0 Å². The van der Waals surface area contributed by atoms with Crippen LogP contribution in [0.15, 0.2) is 24.5 Å². The van der Waals surface area contributed by atoms with E-state index in [1.54, 1.807) is 17.5 Å². The Bertz CT molecular complexity index is 320. The summed E-state index contributed by atoms with van der Waals surface area (Å²) in [4.78, 5) is 3.98. The highest BCUT2D eigenvalue weighted by Crippen LogP contribution is 2.25. The molecule has 0 radical (unpaired) electrons. The van der Waals surface area contributed by atoms with Crippen molar-refractivity contribution < 1.29 is 0 Å². The van der Waals surface area contributed by atoms with E-state index in [9.17, 15) is 0 Å². The highest BCUT2D eigenvalue weighted by atomic mass is 32.1. The number of rotatable bonds is 0. The molecule has 2 N–H and O–H groups in total. The number of hydrogen-bond donors (Lipinski definition) is 1. The summed E-state index contributed by atoms with van der Waals surface area (Å²) in [5.74, 6) is 0. The Kier molecular flexibility index (Phi) is 1.11. The van der Waals surface area contributed by atoms with Gasteiger partial charge in [0.1, 0.15) is 0 Å². The average Bonchev–Trinajstić information content (AvgIpc) is 2.27. The normalized spacial score (nSPS) is 10.4. The molecule has 0 spiro atoms. The van der Waals surface area contributed by atoms with Crippen molar-refractivity contribution in [1.82, 2.24) is 4.98 Å². The van der Waals surface area contributed by atoms with E-state index in [1.807, 2.05) is 18.3 Å². The van der Waals surface area contributed by atoms with Crippen LogP contribution in [-0.2, 0) is 0 Å². The van der Waals surface area contributed by atoms with Gasteiger partial charge >= 0.3 is 0 Å². The van der Waals surface area contributed by atoms with Gasteiger partial charge in [-0.15, -0.1) is 11.3 Å². The number of nitrogens with two attached hydrogens (primary N) is 1. The lowest BCUT2D eigenvalue weighted by atomic mass is 10.3. The molecule has 0 aromatic carbocycles. The predicted molar refractivity (Wildman–Crippen MR) is 44.0 cm³/mol. The van der Waals surface area contributed by atoms with Crippen LogP contribution < -0.4 is 5.73 Å². The standard InChI is InChI=1S/C7H6N2S/c8-7-3-5-4-9-2-1-6(5)10-7/h1-4H,8H2. The van der Waals surface area contributed by atoms with Crippen molar-refractivity contribution in [3.8, 4) is 0 Å². The summed E-state index contributed by atoms with van der Waals surface area (Å²) in [5.41, 5.74) is 5.58. The molecule has 2 aromatic rings. The van der Waals surface area contributed by atoms with Crippen LogP contribution in [0.5, 0.6) is 0 Å². The maximum absolute atomic E-state index is 5.58. The summed E-state index contributed by atoms with van der Waals surface area (Å²) in [6, 6.07) is 3.91. The molecule has 0 aliphatic carbocycles. The average molecular weight is 150 g/mol. The smallest absolute Gasteiger partial charge is 0.0869 e. The van der Waals surface area contributed by atoms with E-state index in [0.29, 0.717) is 0 Å². The van der Waals surface area contributed by atoms with Gasteiger partial charge in [0.05, 0.1) is 5.00 Å². The molecule has 2 aromatic heterocycles. The van der Waals surface area contributed by atoms with Crippen LogP contribution in [0.1, 0.15) is 0 Å². The maximum atomic E-state index is 5.58. The third-order valence-corrected chi connectivity index (χ3v) is 2.28. The molecule has 50 valence electrons. The Morgan fingerprint density at radius 2 is 2.40 bits per heavy atom. The van der Waals surface area contributed by atoms with Crippen molar-refractivity contribution in [2.24, 2.45) is 0 Å². The fourth-order valence-corrected chi connectivity index (χ4v) is 1.70. The van der Waals surface area contributed by atoms with Gasteiger partial charge in [-0.2, -0.15) is 0 Å². The second-order valence-corrected chi connectivity index (χ2v) is 3.18. The zero-order valence-corrected chi connectivity index (χ0v) is 6.06. The van der Waals surface area contributed by atoms with Gasteiger partial charge in [0, 0.05) is 22.5 Å². The van der Waals surface area contributed by atoms with Crippen molar-refractivity contribution in [2.75, 3.05) is 5.73 Å². The summed E-state index contributed by atoms with van der Waals surface area (Å²) < 4.78 is 1.20. The Balaban J connectivity index is 2.88. The second kappa shape index (κ2) is 1.95. The van der Waals surface area contributed by atoms with Crippen molar-refractivity contribution >= 4 is 26.4 Å². The van der Waals surface area contributed by atoms with Crippen molar-refractivity contribution in [2.45, 2.75) is 0 Å². The van der Waals surface area contributed by atoms with Crippen LogP contribution in [0.4, 0.5) is 5.00 Å². The minimum atomic E-state index is 0.850. The minimum absolute atomic E-state index is 0.850. The molecule has 3 heteroatoms. The predicted octanol–water partition coefficient (Wildman–Crippen LogP) is 1.88. The topological polar surface area (TPSA) is 38.9 Å². The van der Waals surface area contributed by atoms with E-state index in [1.165, 1.54) is 4.70 Å². The summed E-state index contributed by atoms with van der Waals surface area (Å²) >= 11 is 1.59. The van der Waals surface area contributed by atoms with E-state index in [-0.39, 0.29) is 0 Å². The third kappa shape index (κ3) is 0.752. The summed E-state index contributed by atoms with van der Waals surface area (Å²) in [6.07, 6.45) is 3.60. The zero-order valence-electron chi connectivity index (χ0n) is 5.24. The van der Waals surface area contributed by atoms with Crippen LogP contribution in [0, 0.1) is 0 Å². The van der Waals surface area contributed by atoms with Gasteiger partial charge < -0.3 is 5.73 Å². The SMILES string of the molecule is Nc1cc2cnccc2s1. The Hall–Kier alpha value is -1.09. The first-order chi connectivity index (χ1) is 4.86. The highest BCUT2D eigenvalue weighted by Gasteiger charge is 1.95. The lowest BCUT2D eigenvalue weighted by molar-refractivity contribution is 1.37. The molecule has 2 nitrogen and oxygen atoms in total. The molecule has 2 rings (SSSR count). The van der Waals surface area contributed by atoms with Gasteiger partial charge in [-0.25, -0.2) is 0 Å². The molecule has 0 amide bonds. The van der Waals surface area contributed by atoms with E-state index in [4.69, 9.17) is 5.73 Å². The van der Waals surface area contributed by atoms with Crippen LogP contribution in [0.25, 0.3) is 10.1 Å². The van der Waals surface area contributed by atoms with Gasteiger partial charge in [-0.3, -0.25) is 4.98 Å². The monoisotopic (exact) mass is 150 g/mol. The first kappa shape index (κ1) is 5.68. The fraction of sp³-hybridized carbons (Fsp3) is 0. The van der Waals surface area contributed by atoms with E-state index in [2.05, 4.69) is 4.98 Å². The summed E-state index contributed by atoms with van der Waals surface area (Å²) in [5, 5.41) is 1.98. The van der Waals surface area contributed by atoms with Crippen LogP contribution in [0.2, 0.25) is 0 Å². The van der Waals surface area contributed by atoms with Gasteiger partial charge in [-0.1, -0.05) is 0 Å². The van der Waals surface area contributed by atoms with Crippen molar-refractivity contribution in [1.29, 1.82) is 0 Å². The minimum Gasteiger partial charge on any atom is -0.391 e. The lowest BCUT2D eigenvalue weighted by Crippen LogP contribution is -1.72. The highest BCUT2D eigenvalue weighted by molar-refractivity contribution is 7.22. The number of hydrogen-bond acceptors (Lipinski definition) is 3. The quantitative estimate of drug-likeness (QED) is 0.622. The van der Waals surface area contributed by atoms with E-state index < -0.39 is 0 Å². The first-order valence-electron chi connectivity index (χ1n) is 2.95. The Morgan fingerprint density at radius 3 is 3.20 bits per heavy atom. The van der Waals surface area contributed by atoms with Crippen molar-refractivity contribution in [3.63, 3.8) is 0 Å². The number of anilines is 1. The number of aromatic nitrogens is 1. The number of pyridine rings is 1. The number of fused-ring (bicyclic) bond motifs is 1. The Labute approximate surface area is 62.3 Å². The molecule has 0 fully saturated rings. The molecule has 0 saturated heterocycles. The van der Waals surface area contributed by atoms with Crippen LogP contribution in [-0.4, -0.2) is 4.98 Å². The maximum Gasteiger partial charge on any atom is 0.0869 e. The van der Waals surface area contributed by atoms with E-state index in [0.717, 1.165) is 10.4 Å². The third-order valence-electron chi connectivity index (χ3n) is 1.34. The molecule has 0 aliphatic heterocycles. The number of nitrogens with zero attached hydrogens (tertiary/aromatic N) is 1. The van der Waals surface area contributed by atoms with Gasteiger partial charge in [-0.05, 0) is 12.1 Å². The molecule has 0 unspecified atom stereocenters. The van der Waals surface area contributed by atoms with Gasteiger partial charge in [0.25, 0.3) is 0 Å². The molecule has 0 aliphatic rings. The van der Waals surface area contributed by atoms with Crippen molar-refractivity contribution in [3.05, 3.63) is 24.5 Å². The first-order valence-corrected chi connectivity index (χ1v) is 3.77. The summed E-state index contributed by atoms with van der Waals surface area (Å²) in [6.45, 7) is 0. The Morgan fingerprint density at radius 1 is 1.50 bits per heavy atom. The van der Waals surface area contributed by atoms with Crippen LogP contribution >= 0.6 is 11.3 Å². The van der Waals surface area contributed by atoms with Crippen LogP contribution in [0.3, 0.4) is 0 Å². The molecular weight excluding hydrogens is 144 g/mol. The largest absolute Gasteiger partial charge is 0.391 e. The second-order valence-electron chi connectivity index (χ2n) is 2.06. The number of thiophene rings is 1. The molecule has 2 heterocycles. The number of nitrogen functional groups attached to an aromatic ring is 1. The van der Waals surface area contributed by atoms with Gasteiger partial charge in [0.2, 0.25) is 0 Å². The molecule has 10 heavy (non-hydrogen) atoms.